The normalized spacial score (nSPS) is 48.5. The third kappa shape index (κ3) is 0.861. The molecule has 3 rings (SSSR count). The van der Waals surface area contributed by atoms with Crippen LogP contribution >= 0.6 is 0 Å². The average molecular weight is 218 g/mol. The molecule has 0 aromatic carbocycles. The lowest BCUT2D eigenvalue weighted by Crippen LogP contribution is -2.37. The van der Waals surface area contributed by atoms with E-state index in [9.17, 15) is 9.59 Å². The molecule has 2 saturated carbocycles. The molecule has 0 aromatic heterocycles. The number of ketones is 2. The van der Waals surface area contributed by atoms with E-state index in [1.807, 2.05) is 0 Å². The predicted molar refractivity (Wildman–Crippen MR) is 60.7 cm³/mol. The molecule has 0 saturated heterocycles. The SMILES string of the molecule is C[C@@H]1CC(=O)C=C2C(=O)[C@@H]3C(C3(C)C)[C@]21C. The predicted octanol–water partition coefficient (Wildman–Crippen LogP) is 2.38. The summed E-state index contributed by atoms with van der Waals surface area (Å²) >= 11 is 0. The third-order valence-corrected chi connectivity index (χ3v) is 5.44. The molecule has 2 heteroatoms. The van der Waals surface area contributed by atoms with Gasteiger partial charge in [0.25, 0.3) is 0 Å². The molecular formula is C14H18O2. The van der Waals surface area contributed by atoms with Crippen LogP contribution in [0.15, 0.2) is 11.6 Å². The van der Waals surface area contributed by atoms with Crippen LogP contribution in [0.3, 0.4) is 0 Å². The number of rotatable bonds is 0. The molecule has 0 bridgehead atoms. The lowest BCUT2D eigenvalue weighted by molar-refractivity contribution is -0.120. The fourth-order valence-electron chi connectivity index (χ4n) is 4.38. The minimum atomic E-state index is -0.0425. The molecule has 2 nitrogen and oxygen atoms in total. The highest BCUT2D eigenvalue weighted by Gasteiger charge is 2.76. The Morgan fingerprint density at radius 3 is 2.50 bits per heavy atom. The summed E-state index contributed by atoms with van der Waals surface area (Å²) in [5, 5.41) is 0. The molecule has 0 amide bonds. The van der Waals surface area contributed by atoms with Gasteiger partial charge in [-0.05, 0) is 23.3 Å². The number of allylic oxidation sites excluding steroid dienone is 2. The number of carbonyl (C=O) groups excluding carboxylic acids is 2. The Labute approximate surface area is 96.1 Å². The molecule has 0 heterocycles. The van der Waals surface area contributed by atoms with Crippen molar-refractivity contribution in [2.75, 3.05) is 0 Å². The van der Waals surface area contributed by atoms with Crippen molar-refractivity contribution in [3.05, 3.63) is 11.6 Å². The lowest BCUT2D eigenvalue weighted by atomic mass is 9.63. The fraction of sp³-hybridized carbons (Fsp3) is 0.714. The highest BCUT2D eigenvalue weighted by molar-refractivity contribution is 6.10. The second-order valence-electron chi connectivity index (χ2n) is 6.55. The van der Waals surface area contributed by atoms with Crippen LogP contribution in [0.2, 0.25) is 0 Å². The highest BCUT2D eigenvalue weighted by atomic mass is 16.1. The molecule has 3 aliphatic carbocycles. The van der Waals surface area contributed by atoms with Crippen LogP contribution in [0, 0.1) is 28.6 Å². The Bertz CT molecular complexity index is 444. The Kier molecular flexibility index (Phi) is 1.60. The van der Waals surface area contributed by atoms with E-state index in [-0.39, 0.29) is 28.3 Å². The number of hydrogen-bond acceptors (Lipinski definition) is 2. The summed E-state index contributed by atoms with van der Waals surface area (Å²) in [7, 11) is 0. The standard InChI is InChI=1S/C14H18O2/c1-7-5-8(15)6-9-11(16)10-12(13(10,2)3)14(7,9)4/h6-7,10,12H,5H2,1-4H3/t7-,10-,12?,14+/m1/s1. The molecule has 4 atom stereocenters. The summed E-state index contributed by atoms with van der Waals surface area (Å²) in [6.45, 7) is 8.68. The van der Waals surface area contributed by atoms with E-state index in [0.717, 1.165) is 5.57 Å². The maximum absolute atomic E-state index is 12.3. The maximum atomic E-state index is 12.3. The molecule has 3 aliphatic rings. The topological polar surface area (TPSA) is 34.1 Å². The van der Waals surface area contributed by atoms with Crippen molar-refractivity contribution < 1.29 is 9.59 Å². The van der Waals surface area contributed by atoms with Crippen molar-refractivity contribution in [1.82, 2.24) is 0 Å². The molecule has 0 aliphatic heterocycles. The van der Waals surface area contributed by atoms with E-state index in [4.69, 9.17) is 0 Å². The van der Waals surface area contributed by atoms with E-state index < -0.39 is 0 Å². The number of Topliss-reactive ketones (excluding diaryl/α,β-unsaturated/α-hetero) is 1. The van der Waals surface area contributed by atoms with E-state index in [0.29, 0.717) is 18.3 Å². The summed E-state index contributed by atoms with van der Waals surface area (Å²) in [5.41, 5.74) is 0.933. The van der Waals surface area contributed by atoms with Crippen LogP contribution in [0.4, 0.5) is 0 Å². The molecule has 16 heavy (non-hydrogen) atoms. The zero-order valence-corrected chi connectivity index (χ0v) is 10.3. The molecule has 0 aromatic rings. The number of carbonyl (C=O) groups is 2. The number of fused-ring (bicyclic) bond motifs is 3. The van der Waals surface area contributed by atoms with Gasteiger partial charge in [0.05, 0.1) is 0 Å². The third-order valence-electron chi connectivity index (χ3n) is 5.44. The van der Waals surface area contributed by atoms with Gasteiger partial charge >= 0.3 is 0 Å². The first-order valence-corrected chi connectivity index (χ1v) is 6.10. The molecular weight excluding hydrogens is 200 g/mol. The first-order chi connectivity index (χ1) is 7.31. The Balaban J connectivity index is 2.16. The largest absolute Gasteiger partial charge is 0.295 e. The fourth-order valence-corrected chi connectivity index (χ4v) is 4.38. The molecule has 1 unspecified atom stereocenters. The Hall–Kier alpha value is -0.920. The smallest absolute Gasteiger partial charge is 0.163 e. The van der Waals surface area contributed by atoms with Crippen molar-refractivity contribution in [3.8, 4) is 0 Å². The minimum absolute atomic E-state index is 0.0425. The zero-order valence-electron chi connectivity index (χ0n) is 10.3. The van der Waals surface area contributed by atoms with Crippen molar-refractivity contribution >= 4 is 11.6 Å². The quantitative estimate of drug-likeness (QED) is 0.625. The summed E-state index contributed by atoms with van der Waals surface area (Å²) in [6, 6.07) is 0. The monoisotopic (exact) mass is 218 g/mol. The molecule has 0 N–H and O–H groups in total. The van der Waals surface area contributed by atoms with E-state index in [1.165, 1.54) is 0 Å². The summed E-state index contributed by atoms with van der Waals surface area (Å²) in [6.07, 6.45) is 2.23. The van der Waals surface area contributed by atoms with Crippen molar-refractivity contribution in [1.29, 1.82) is 0 Å². The van der Waals surface area contributed by atoms with Crippen molar-refractivity contribution in [2.45, 2.75) is 34.1 Å². The second-order valence-corrected chi connectivity index (χ2v) is 6.55. The summed E-state index contributed by atoms with van der Waals surface area (Å²) in [5.74, 6) is 1.32. The van der Waals surface area contributed by atoms with Gasteiger partial charge in [-0.2, -0.15) is 0 Å². The maximum Gasteiger partial charge on any atom is 0.163 e. The van der Waals surface area contributed by atoms with Crippen molar-refractivity contribution in [2.24, 2.45) is 28.6 Å². The van der Waals surface area contributed by atoms with E-state index >= 15 is 0 Å². The van der Waals surface area contributed by atoms with E-state index in [2.05, 4.69) is 27.7 Å². The van der Waals surface area contributed by atoms with Gasteiger partial charge in [-0.25, -0.2) is 0 Å². The van der Waals surface area contributed by atoms with Crippen LogP contribution < -0.4 is 0 Å². The van der Waals surface area contributed by atoms with Gasteiger partial charge in [0.2, 0.25) is 0 Å². The molecule has 0 radical (unpaired) electrons. The van der Waals surface area contributed by atoms with Gasteiger partial charge in [-0.3, -0.25) is 9.59 Å². The Morgan fingerprint density at radius 1 is 1.25 bits per heavy atom. The lowest BCUT2D eigenvalue weighted by Gasteiger charge is -2.39. The van der Waals surface area contributed by atoms with E-state index in [1.54, 1.807) is 6.08 Å². The highest BCUT2D eigenvalue weighted by Crippen LogP contribution is 2.76. The first-order valence-electron chi connectivity index (χ1n) is 6.10. The first kappa shape index (κ1) is 10.2. The average Bonchev–Trinajstić information content (AvgIpc) is 2.64. The van der Waals surface area contributed by atoms with Gasteiger partial charge < -0.3 is 0 Å². The van der Waals surface area contributed by atoms with Gasteiger partial charge in [-0.1, -0.05) is 27.7 Å². The summed E-state index contributed by atoms with van der Waals surface area (Å²) < 4.78 is 0. The molecule has 2 fully saturated rings. The van der Waals surface area contributed by atoms with Crippen LogP contribution in [-0.4, -0.2) is 11.6 Å². The van der Waals surface area contributed by atoms with Gasteiger partial charge in [0.15, 0.2) is 11.6 Å². The van der Waals surface area contributed by atoms with Gasteiger partial charge in [-0.15, -0.1) is 0 Å². The van der Waals surface area contributed by atoms with Crippen molar-refractivity contribution in [3.63, 3.8) is 0 Å². The van der Waals surface area contributed by atoms with Crippen LogP contribution in [0.1, 0.15) is 34.1 Å². The van der Waals surface area contributed by atoms with Gasteiger partial charge in [0.1, 0.15) is 0 Å². The molecule has 86 valence electrons. The second kappa shape index (κ2) is 2.49. The van der Waals surface area contributed by atoms with Crippen LogP contribution in [0.25, 0.3) is 0 Å². The van der Waals surface area contributed by atoms with Crippen LogP contribution in [0.5, 0.6) is 0 Å². The van der Waals surface area contributed by atoms with Crippen LogP contribution in [-0.2, 0) is 9.59 Å². The molecule has 0 spiro atoms. The summed E-state index contributed by atoms with van der Waals surface area (Å²) in [4.78, 5) is 23.8. The van der Waals surface area contributed by atoms with Gasteiger partial charge in [0, 0.05) is 23.3 Å². The zero-order chi connectivity index (χ0) is 11.9. The minimum Gasteiger partial charge on any atom is -0.295 e. The Morgan fingerprint density at radius 2 is 1.88 bits per heavy atom. The number of hydrogen-bond donors (Lipinski definition) is 0.